The maximum atomic E-state index is 13.3. The molecule has 2 rings (SSSR count). The molecule has 0 spiro atoms. The smallest absolute Gasteiger partial charge is 0.317 e. The van der Waals surface area contributed by atoms with E-state index in [1.165, 1.54) is 0 Å². The highest BCUT2D eigenvalue weighted by Gasteiger charge is 2.48. The molecule has 5 amide bonds. The van der Waals surface area contributed by atoms with Crippen molar-refractivity contribution in [1.29, 1.82) is 0 Å². The van der Waals surface area contributed by atoms with Crippen molar-refractivity contribution in [3.05, 3.63) is 0 Å². The number of likely N-dealkylation sites (tertiary alicyclic amines) is 2. The van der Waals surface area contributed by atoms with Crippen molar-refractivity contribution < 1.29 is 19.2 Å². The quantitative estimate of drug-likeness (QED) is 0.442. The minimum atomic E-state index is -0.599. The van der Waals surface area contributed by atoms with Crippen LogP contribution in [-0.2, 0) is 14.4 Å². The fraction of sp³-hybridized carbons (Fsp3) is 0.800. The molecule has 0 aromatic rings. The Morgan fingerprint density at radius 3 is 1.93 bits per heavy atom. The Balaban J connectivity index is 0.00000103. The second kappa shape index (κ2) is 11.1. The molecule has 0 aromatic heterocycles. The first-order valence-electron chi connectivity index (χ1n) is 10.4. The molecule has 10 heteroatoms. The lowest BCUT2D eigenvalue weighted by molar-refractivity contribution is -0.140. The highest BCUT2D eigenvalue weighted by molar-refractivity contribution is 5.90. The molecule has 2 aliphatic rings. The maximum absolute atomic E-state index is 13.3. The number of hydrogen-bond donors (Lipinski definition) is 4. The fourth-order valence-corrected chi connectivity index (χ4v) is 3.87. The maximum Gasteiger partial charge on any atom is 0.317 e. The van der Waals surface area contributed by atoms with Crippen LogP contribution in [0.4, 0.5) is 4.79 Å². The van der Waals surface area contributed by atoms with E-state index < -0.39 is 11.5 Å². The number of amides is 5. The average Bonchev–Trinajstić information content (AvgIpc) is 3.31. The molecule has 2 heterocycles. The van der Waals surface area contributed by atoms with Crippen LogP contribution < -0.4 is 21.3 Å². The molecular weight excluding hydrogens is 388 g/mol. The minimum Gasteiger partial charge on any atom is -0.362 e. The van der Waals surface area contributed by atoms with Gasteiger partial charge < -0.3 is 31.1 Å². The summed E-state index contributed by atoms with van der Waals surface area (Å²) in [5.74, 6) is -0.240. The van der Waals surface area contributed by atoms with Crippen LogP contribution in [0.25, 0.3) is 0 Å². The highest BCUT2D eigenvalue weighted by atomic mass is 16.2. The Morgan fingerprint density at radius 1 is 1.00 bits per heavy atom. The number of nitrogens with one attached hydrogen (secondary N) is 4. The third-order valence-electron chi connectivity index (χ3n) is 5.68. The molecule has 30 heavy (non-hydrogen) atoms. The zero-order valence-corrected chi connectivity index (χ0v) is 19.2. The summed E-state index contributed by atoms with van der Waals surface area (Å²) < 4.78 is 0. The largest absolute Gasteiger partial charge is 0.362 e. The van der Waals surface area contributed by atoms with Gasteiger partial charge in [-0.3, -0.25) is 14.4 Å². The molecule has 0 saturated carbocycles. The van der Waals surface area contributed by atoms with Crippen molar-refractivity contribution in [2.45, 2.75) is 64.7 Å². The minimum absolute atomic E-state index is 0.0308. The standard InChI is InChI=1S/C18H33N5O3.C2H5NO/c1-11(19-5)15(24)21-14(18(2,3)4)16(25)22-9-7-13-12(22)8-10-23(13)17(26)20-6;1-3-2-4/h11-14,19H,7-10H2,1-6H3,(H,20,26)(H,21,24);2H,1H3,(H,3,4)/t11-,12?,13?,14?;/m0./s1. The summed E-state index contributed by atoms with van der Waals surface area (Å²) in [6, 6.07) is -0.960. The van der Waals surface area contributed by atoms with Crippen molar-refractivity contribution in [2.75, 3.05) is 34.2 Å². The zero-order chi connectivity index (χ0) is 23.1. The van der Waals surface area contributed by atoms with Gasteiger partial charge in [-0.15, -0.1) is 0 Å². The van der Waals surface area contributed by atoms with Crippen molar-refractivity contribution in [3.63, 3.8) is 0 Å². The molecular formula is C20H38N6O4. The van der Waals surface area contributed by atoms with Crippen LogP contribution >= 0.6 is 0 Å². The van der Waals surface area contributed by atoms with E-state index in [9.17, 15) is 14.4 Å². The molecule has 0 aliphatic carbocycles. The van der Waals surface area contributed by atoms with Gasteiger partial charge in [-0.25, -0.2) is 4.79 Å². The van der Waals surface area contributed by atoms with E-state index in [1.54, 1.807) is 28.1 Å². The van der Waals surface area contributed by atoms with E-state index >= 15 is 0 Å². The Labute approximate surface area is 179 Å². The topological polar surface area (TPSA) is 123 Å². The third-order valence-corrected chi connectivity index (χ3v) is 5.68. The lowest BCUT2D eigenvalue weighted by Crippen LogP contribution is -2.58. The number of likely N-dealkylation sites (N-methyl/N-ethyl adjacent to an activating group) is 1. The Bertz CT molecular complexity index is 621. The van der Waals surface area contributed by atoms with Gasteiger partial charge in [-0.1, -0.05) is 20.8 Å². The number of carbonyl (C=O) groups is 4. The van der Waals surface area contributed by atoms with Gasteiger partial charge in [0.25, 0.3) is 0 Å². The predicted octanol–water partition coefficient (Wildman–Crippen LogP) is -0.498. The highest BCUT2D eigenvalue weighted by Crippen LogP contribution is 2.33. The second-order valence-corrected chi connectivity index (χ2v) is 8.72. The Kier molecular flexibility index (Phi) is 9.54. The van der Waals surface area contributed by atoms with Gasteiger partial charge in [0.2, 0.25) is 18.2 Å². The summed E-state index contributed by atoms with van der Waals surface area (Å²) in [5, 5.41) is 10.8. The Hall–Kier alpha value is -2.36. The molecule has 2 fully saturated rings. The molecule has 0 radical (unpaired) electrons. The number of fused-ring (bicyclic) bond motifs is 1. The van der Waals surface area contributed by atoms with E-state index in [-0.39, 0.29) is 36.0 Å². The molecule has 0 aromatic carbocycles. The summed E-state index contributed by atoms with van der Waals surface area (Å²) in [5.41, 5.74) is -0.405. The summed E-state index contributed by atoms with van der Waals surface area (Å²) in [6.07, 6.45) is 2.18. The van der Waals surface area contributed by atoms with Crippen LogP contribution in [0.3, 0.4) is 0 Å². The summed E-state index contributed by atoms with van der Waals surface area (Å²) in [6.45, 7) is 8.91. The van der Waals surface area contributed by atoms with Gasteiger partial charge in [0.15, 0.2) is 0 Å². The van der Waals surface area contributed by atoms with Crippen LogP contribution in [-0.4, -0.2) is 92.5 Å². The zero-order valence-electron chi connectivity index (χ0n) is 19.2. The van der Waals surface area contributed by atoms with E-state index in [2.05, 4.69) is 21.3 Å². The lowest BCUT2D eigenvalue weighted by Gasteiger charge is -2.36. The first kappa shape index (κ1) is 25.7. The number of rotatable bonds is 5. The van der Waals surface area contributed by atoms with E-state index in [0.29, 0.717) is 19.5 Å². The van der Waals surface area contributed by atoms with E-state index in [4.69, 9.17) is 4.79 Å². The first-order chi connectivity index (χ1) is 14.0. The SMILES string of the molecule is CNC(=O)N1CCC2C1CCN2C(=O)C(NC(=O)[C@H](C)NC)C(C)(C)C.CNC=O. The fourth-order valence-electron chi connectivity index (χ4n) is 3.87. The molecule has 4 atom stereocenters. The van der Waals surface area contributed by atoms with Crippen LogP contribution in [0.15, 0.2) is 0 Å². The molecule has 2 aliphatic heterocycles. The van der Waals surface area contributed by atoms with Crippen molar-refractivity contribution in [1.82, 2.24) is 31.1 Å². The molecule has 2 saturated heterocycles. The second-order valence-electron chi connectivity index (χ2n) is 8.72. The van der Waals surface area contributed by atoms with E-state index in [1.807, 2.05) is 30.6 Å². The van der Waals surface area contributed by atoms with Crippen molar-refractivity contribution >= 4 is 24.3 Å². The monoisotopic (exact) mass is 426 g/mol. The third kappa shape index (κ3) is 6.07. The molecule has 3 unspecified atom stereocenters. The summed E-state index contributed by atoms with van der Waals surface area (Å²) >= 11 is 0. The van der Waals surface area contributed by atoms with Gasteiger partial charge in [-0.2, -0.15) is 0 Å². The van der Waals surface area contributed by atoms with Crippen molar-refractivity contribution in [3.8, 4) is 0 Å². The van der Waals surface area contributed by atoms with Crippen LogP contribution in [0.5, 0.6) is 0 Å². The molecule has 172 valence electrons. The lowest BCUT2D eigenvalue weighted by atomic mass is 9.85. The van der Waals surface area contributed by atoms with Gasteiger partial charge in [0.1, 0.15) is 6.04 Å². The van der Waals surface area contributed by atoms with Gasteiger partial charge >= 0.3 is 6.03 Å². The van der Waals surface area contributed by atoms with Gasteiger partial charge in [0, 0.05) is 27.2 Å². The van der Waals surface area contributed by atoms with Gasteiger partial charge in [0.05, 0.1) is 18.1 Å². The van der Waals surface area contributed by atoms with Crippen molar-refractivity contribution in [2.24, 2.45) is 5.41 Å². The Morgan fingerprint density at radius 2 is 1.50 bits per heavy atom. The van der Waals surface area contributed by atoms with E-state index in [0.717, 1.165) is 12.8 Å². The number of carbonyl (C=O) groups excluding carboxylic acids is 4. The number of urea groups is 1. The van der Waals surface area contributed by atoms with Crippen LogP contribution in [0.1, 0.15) is 40.5 Å². The van der Waals surface area contributed by atoms with Crippen LogP contribution in [0, 0.1) is 5.41 Å². The average molecular weight is 427 g/mol. The van der Waals surface area contributed by atoms with Gasteiger partial charge in [-0.05, 0) is 32.2 Å². The summed E-state index contributed by atoms with van der Waals surface area (Å²) in [4.78, 5) is 50.4. The molecule has 4 N–H and O–H groups in total. The normalized spacial score (nSPS) is 22.2. The first-order valence-corrected chi connectivity index (χ1v) is 10.4. The summed E-state index contributed by atoms with van der Waals surface area (Å²) in [7, 11) is 4.91. The predicted molar refractivity (Wildman–Crippen MR) is 115 cm³/mol. The number of hydrogen-bond acceptors (Lipinski definition) is 5. The molecule has 0 bridgehead atoms. The van der Waals surface area contributed by atoms with Crippen LogP contribution in [0.2, 0.25) is 0 Å². The number of nitrogens with zero attached hydrogens (tertiary/aromatic N) is 2. The molecule has 10 nitrogen and oxygen atoms in total.